The predicted molar refractivity (Wildman–Crippen MR) is 81.4 cm³/mol. The SMILES string of the molecule is CCCN(CC1CCCN1)c1cccc(C)c1[N+](=O)[O-]. The van der Waals surface area contributed by atoms with Crippen molar-refractivity contribution in [1.82, 2.24) is 5.32 Å². The van der Waals surface area contributed by atoms with E-state index < -0.39 is 0 Å². The van der Waals surface area contributed by atoms with E-state index in [1.165, 1.54) is 6.42 Å². The molecule has 0 spiro atoms. The molecule has 0 aliphatic carbocycles. The van der Waals surface area contributed by atoms with Gasteiger partial charge in [0, 0.05) is 24.7 Å². The third kappa shape index (κ3) is 3.28. The monoisotopic (exact) mass is 277 g/mol. The lowest BCUT2D eigenvalue weighted by atomic mass is 10.1. The minimum Gasteiger partial charge on any atom is -0.364 e. The fraction of sp³-hybridized carbons (Fsp3) is 0.600. The van der Waals surface area contributed by atoms with Crippen LogP contribution in [0.5, 0.6) is 0 Å². The van der Waals surface area contributed by atoms with Gasteiger partial charge in [0.1, 0.15) is 5.69 Å². The Labute approximate surface area is 120 Å². The normalized spacial score (nSPS) is 18.2. The first kappa shape index (κ1) is 14.8. The molecule has 110 valence electrons. The summed E-state index contributed by atoms with van der Waals surface area (Å²) < 4.78 is 0. The molecule has 0 amide bonds. The number of nitrogens with one attached hydrogen (secondary N) is 1. The standard InChI is InChI=1S/C15H23N3O2/c1-3-10-17(11-13-7-5-9-16-13)14-8-4-6-12(2)15(14)18(19)20/h4,6,8,13,16H,3,5,7,9-11H2,1-2H3. The van der Waals surface area contributed by atoms with Crippen LogP contribution in [-0.4, -0.2) is 30.6 Å². The van der Waals surface area contributed by atoms with E-state index >= 15 is 0 Å². The zero-order valence-electron chi connectivity index (χ0n) is 12.3. The van der Waals surface area contributed by atoms with Gasteiger partial charge in [0.2, 0.25) is 0 Å². The fourth-order valence-corrected chi connectivity index (χ4v) is 2.89. The molecular weight excluding hydrogens is 254 g/mol. The van der Waals surface area contributed by atoms with Crippen LogP contribution in [-0.2, 0) is 0 Å². The number of nitrogens with zero attached hydrogens (tertiary/aromatic N) is 2. The van der Waals surface area contributed by atoms with Crippen molar-refractivity contribution in [2.45, 2.75) is 39.2 Å². The number of para-hydroxylation sites is 1. The van der Waals surface area contributed by atoms with Crippen molar-refractivity contribution in [2.75, 3.05) is 24.5 Å². The van der Waals surface area contributed by atoms with Crippen LogP contribution in [0.25, 0.3) is 0 Å². The molecule has 0 radical (unpaired) electrons. The molecule has 1 heterocycles. The number of aryl methyl sites for hydroxylation is 1. The van der Waals surface area contributed by atoms with E-state index in [1.807, 2.05) is 12.1 Å². The number of hydrogen-bond donors (Lipinski definition) is 1. The predicted octanol–water partition coefficient (Wildman–Crippen LogP) is 2.87. The molecule has 5 heteroatoms. The molecule has 0 aromatic heterocycles. The summed E-state index contributed by atoms with van der Waals surface area (Å²) in [5, 5.41) is 14.8. The Balaban J connectivity index is 2.28. The van der Waals surface area contributed by atoms with Gasteiger partial charge in [0.05, 0.1) is 4.92 Å². The van der Waals surface area contributed by atoms with Crippen molar-refractivity contribution in [1.29, 1.82) is 0 Å². The summed E-state index contributed by atoms with van der Waals surface area (Å²) in [6.07, 6.45) is 3.33. The van der Waals surface area contributed by atoms with E-state index in [0.717, 1.165) is 43.7 Å². The zero-order valence-corrected chi connectivity index (χ0v) is 12.3. The highest BCUT2D eigenvalue weighted by atomic mass is 16.6. The van der Waals surface area contributed by atoms with Crippen LogP contribution in [0.2, 0.25) is 0 Å². The average Bonchev–Trinajstić information content (AvgIpc) is 2.90. The molecule has 1 fully saturated rings. The van der Waals surface area contributed by atoms with Gasteiger partial charge in [0.25, 0.3) is 5.69 Å². The second kappa shape index (κ2) is 6.70. The maximum atomic E-state index is 11.4. The minimum atomic E-state index is -0.255. The Bertz CT molecular complexity index is 470. The Morgan fingerprint density at radius 1 is 1.50 bits per heavy atom. The van der Waals surface area contributed by atoms with Gasteiger partial charge in [0.15, 0.2) is 0 Å². The van der Waals surface area contributed by atoms with Crippen LogP contribution in [0.15, 0.2) is 18.2 Å². The number of nitro benzene ring substituents is 1. The Morgan fingerprint density at radius 3 is 2.90 bits per heavy atom. The van der Waals surface area contributed by atoms with Gasteiger partial charge in [-0.3, -0.25) is 10.1 Å². The minimum absolute atomic E-state index is 0.249. The topological polar surface area (TPSA) is 58.4 Å². The average molecular weight is 277 g/mol. The Kier molecular flexibility index (Phi) is 4.95. The van der Waals surface area contributed by atoms with Crippen molar-refractivity contribution in [3.63, 3.8) is 0 Å². The smallest absolute Gasteiger partial charge is 0.295 e. The number of anilines is 1. The molecule has 1 aromatic carbocycles. The second-order valence-electron chi connectivity index (χ2n) is 5.44. The van der Waals surface area contributed by atoms with E-state index in [9.17, 15) is 10.1 Å². The van der Waals surface area contributed by atoms with E-state index in [4.69, 9.17) is 0 Å². The maximum Gasteiger partial charge on any atom is 0.295 e. The molecule has 1 aliphatic heterocycles. The number of rotatable bonds is 6. The zero-order chi connectivity index (χ0) is 14.5. The van der Waals surface area contributed by atoms with Gasteiger partial charge in [-0.15, -0.1) is 0 Å². The summed E-state index contributed by atoms with van der Waals surface area (Å²) in [4.78, 5) is 13.3. The molecule has 0 bridgehead atoms. The van der Waals surface area contributed by atoms with Gasteiger partial charge in [-0.2, -0.15) is 0 Å². The molecule has 20 heavy (non-hydrogen) atoms. The molecular formula is C15H23N3O2. The molecule has 1 aromatic rings. The lowest BCUT2D eigenvalue weighted by Gasteiger charge is -2.27. The van der Waals surface area contributed by atoms with Crippen LogP contribution < -0.4 is 10.2 Å². The third-order valence-electron chi connectivity index (χ3n) is 3.84. The molecule has 1 N–H and O–H groups in total. The van der Waals surface area contributed by atoms with E-state index in [-0.39, 0.29) is 10.6 Å². The van der Waals surface area contributed by atoms with Crippen LogP contribution in [0.3, 0.4) is 0 Å². The first-order valence-corrected chi connectivity index (χ1v) is 7.35. The summed E-state index contributed by atoms with van der Waals surface area (Å²) in [6.45, 7) is 6.66. The van der Waals surface area contributed by atoms with Crippen molar-refractivity contribution in [2.24, 2.45) is 0 Å². The van der Waals surface area contributed by atoms with E-state index in [1.54, 1.807) is 13.0 Å². The summed E-state index contributed by atoms with van der Waals surface area (Å²) >= 11 is 0. The first-order chi connectivity index (χ1) is 9.63. The Morgan fingerprint density at radius 2 is 2.30 bits per heavy atom. The molecule has 5 nitrogen and oxygen atoms in total. The summed E-state index contributed by atoms with van der Waals surface area (Å²) in [7, 11) is 0. The molecule has 1 unspecified atom stereocenters. The molecule has 1 saturated heterocycles. The lowest BCUT2D eigenvalue weighted by Crippen LogP contribution is -2.38. The number of benzene rings is 1. The fourth-order valence-electron chi connectivity index (χ4n) is 2.89. The van der Waals surface area contributed by atoms with E-state index in [2.05, 4.69) is 17.1 Å². The van der Waals surface area contributed by atoms with Crippen LogP contribution in [0.4, 0.5) is 11.4 Å². The van der Waals surface area contributed by atoms with Gasteiger partial charge in [-0.1, -0.05) is 19.1 Å². The largest absolute Gasteiger partial charge is 0.364 e. The maximum absolute atomic E-state index is 11.4. The number of hydrogen-bond acceptors (Lipinski definition) is 4. The Hall–Kier alpha value is -1.62. The van der Waals surface area contributed by atoms with Crippen molar-refractivity contribution < 1.29 is 4.92 Å². The van der Waals surface area contributed by atoms with Gasteiger partial charge < -0.3 is 10.2 Å². The number of nitro groups is 1. The van der Waals surface area contributed by atoms with Crippen molar-refractivity contribution >= 4 is 11.4 Å². The highest BCUT2D eigenvalue weighted by Gasteiger charge is 2.24. The summed E-state index contributed by atoms with van der Waals surface area (Å²) in [5.41, 5.74) is 1.73. The highest BCUT2D eigenvalue weighted by Crippen LogP contribution is 2.31. The van der Waals surface area contributed by atoms with Gasteiger partial charge >= 0.3 is 0 Å². The molecule has 1 aliphatic rings. The highest BCUT2D eigenvalue weighted by molar-refractivity contribution is 5.66. The lowest BCUT2D eigenvalue weighted by molar-refractivity contribution is -0.384. The molecule has 1 atom stereocenters. The van der Waals surface area contributed by atoms with Crippen LogP contribution in [0, 0.1) is 17.0 Å². The third-order valence-corrected chi connectivity index (χ3v) is 3.84. The molecule has 2 rings (SSSR count). The van der Waals surface area contributed by atoms with Gasteiger partial charge in [-0.05, 0) is 38.8 Å². The van der Waals surface area contributed by atoms with Crippen LogP contribution >= 0.6 is 0 Å². The molecule has 0 saturated carbocycles. The summed E-state index contributed by atoms with van der Waals surface area (Å²) in [5.74, 6) is 0. The first-order valence-electron chi connectivity index (χ1n) is 7.35. The van der Waals surface area contributed by atoms with Crippen molar-refractivity contribution in [3.8, 4) is 0 Å². The quantitative estimate of drug-likeness (QED) is 0.641. The second-order valence-corrected chi connectivity index (χ2v) is 5.44. The van der Waals surface area contributed by atoms with Crippen LogP contribution in [0.1, 0.15) is 31.7 Å². The van der Waals surface area contributed by atoms with E-state index in [0.29, 0.717) is 6.04 Å². The van der Waals surface area contributed by atoms with Crippen molar-refractivity contribution in [3.05, 3.63) is 33.9 Å². The van der Waals surface area contributed by atoms with Gasteiger partial charge in [-0.25, -0.2) is 0 Å². The summed E-state index contributed by atoms with van der Waals surface area (Å²) in [6, 6.07) is 6.03.